The van der Waals surface area contributed by atoms with Crippen LogP contribution in [0.25, 0.3) is 0 Å². The topological polar surface area (TPSA) is 89.1 Å². The molecule has 1 aromatic heterocycles. The van der Waals surface area contributed by atoms with Crippen molar-refractivity contribution in [2.45, 2.75) is 26.1 Å². The van der Waals surface area contributed by atoms with Gasteiger partial charge >= 0.3 is 6.09 Å². The Bertz CT molecular complexity index is 958. The van der Waals surface area contributed by atoms with Gasteiger partial charge in [-0.1, -0.05) is 0 Å². The number of ether oxygens (including phenoxy) is 3. The smallest absolute Gasteiger partial charge is 0.410 e. The molecule has 0 radical (unpaired) electrons. The predicted octanol–water partition coefficient (Wildman–Crippen LogP) is 3.13. The molecule has 9 heteroatoms. The van der Waals surface area contributed by atoms with Crippen LogP contribution in [0.15, 0.2) is 18.2 Å². The number of fused-ring (bicyclic) bond motifs is 3. The SMILES string of the molecule is CCOC(=O)N1CCc2c(sc3c2C(=O)N[C@H](c2cc(OC)ccc2OC)N3)C1. The second-order valence-corrected chi connectivity index (χ2v) is 7.84. The zero-order valence-corrected chi connectivity index (χ0v) is 17.4. The zero-order valence-electron chi connectivity index (χ0n) is 16.5. The molecule has 0 unspecified atom stereocenters. The first-order chi connectivity index (χ1) is 14.0. The van der Waals surface area contributed by atoms with Gasteiger partial charge in [0.25, 0.3) is 5.91 Å². The molecule has 1 aromatic carbocycles. The maximum atomic E-state index is 13.0. The van der Waals surface area contributed by atoms with Crippen molar-refractivity contribution in [3.63, 3.8) is 0 Å². The highest BCUT2D eigenvalue weighted by atomic mass is 32.1. The number of nitrogens with zero attached hydrogens (tertiary/aromatic N) is 1. The molecule has 3 heterocycles. The lowest BCUT2D eigenvalue weighted by molar-refractivity contribution is 0.0933. The van der Waals surface area contributed by atoms with Gasteiger partial charge in [-0.05, 0) is 37.1 Å². The first-order valence-electron chi connectivity index (χ1n) is 9.41. The number of hydrogen-bond donors (Lipinski definition) is 2. The van der Waals surface area contributed by atoms with Gasteiger partial charge in [-0.15, -0.1) is 11.3 Å². The van der Waals surface area contributed by atoms with Crippen LogP contribution in [0.5, 0.6) is 11.5 Å². The van der Waals surface area contributed by atoms with Crippen molar-refractivity contribution in [1.29, 1.82) is 0 Å². The number of carbonyl (C=O) groups excluding carboxylic acids is 2. The summed E-state index contributed by atoms with van der Waals surface area (Å²) in [5, 5.41) is 7.24. The van der Waals surface area contributed by atoms with Gasteiger partial charge in [0.1, 0.15) is 22.7 Å². The third kappa shape index (κ3) is 3.46. The fourth-order valence-corrected chi connectivity index (χ4v) is 5.00. The Morgan fingerprint density at radius 2 is 2.10 bits per heavy atom. The maximum absolute atomic E-state index is 13.0. The van der Waals surface area contributed by atoms with Crippen molar-refractivity contribution < 1.29 is 23.8 Å². The predicted molar refractivity (Wildman–Crippen MR) is 109 cm³/mol. The molecular formula is C20H23N3O5S. The molecule has 2 N–H and O–H groups in total. The van der Waals surface area contributed by atoms with Gasteiger partial charge in [-0.2, -0.15) is 0 Å². The molecule has 2 aliphatic heterocycles. The zero-order chi connectivity index (χ0) is 20.5. The van der Waals surface area contributed by atoms with Crippen LogP contribution in [0, 0.1) is 0 Å². The number of nitrogens with one attached hydrogen (secondary N) is 2. The molecule has 4 rings (SSSR count). The molecule has 154 valence electrons. The average molecular weight is 417 g/mol. The van der Waals surface area contributed by atoms with Crippen LogP contribution >= 0.6 is 11.3 Å². The Morgan fingerprint density at radius 1 is 1.28 bits per heavy atom. The van der Waals surface area contributed by atoms with E-state index >= 15 is 0 Å². The number of amides is 2. The average Bonchev–Trinajstić information content (AvgIpc) is 3.11. The molecule has 29 heavy (non-hydrogen) atoms. The Kier molecular flexibility index (Phi) is 5.23. The van der Waals surface area contributed by atoms with Gasteiger partial charge < -0.3 is 29.7 Å². The van der Waals surface area contributed by atoms with Crippen LogP contribution in [-0.4, -0.2) is 44.3 Å². The number of thiophene rings is 1. The third-order valence-electron chi connectivity index (χ3n) is 5.11. The highest BCUT2D eigenvalue weighted by Gasteiger charge is 2.35. The van der Waals surface area contributed by atoms with Crippen molar-refractivity contribution in [2.75, 3.05) is 32.7 Å². The van der Waals surface area contributed by atoms with Crippen LogP contribution in [0.3, 0.4) is 0 Å². The van der Waals surface area contributed by atoms with E-state index in [-0.39, 0.29) is 12.0 Å². The minimum atomic E-state index is -0.443. The number of methoxy groups -OCH3 is 2. The monoisotopic (exact) mass is 417 g/mol. The quantitative estimate of drug-likeness (QED) is 0.795. The van der Waals surface area contributed by atoms with Gasteiger partial charge in [-0.25, -0.2) is 4.79 Å². The Morgan fingerprint density at radius 3 is 2.83 bits per heavy atom. The van der Waals surface area contributed by atoms with Crippen molar-refractivity contribution in [3.8, 4) is 11.5 Å². The molecule has 0 saturated heterocycles. The van der Waals surface area contributed by atoms with Gasteiger partial charge in [-0.3, -0.25) is 4.79 Å². The second-order valence-electron chi connectivity index (χ2n) is 6.74. The molecule has 1 atom stereocenters. The number of anilines is 1. The molecule has 2 aromatic rings. The molecular weight excluding hydrogens is 394 g/mol. The van der Waals surface area contributed by atoms with Gasteiger partial charge in [0.05, 0.1) is 32.9 Å². The molecule has 8 nitrogen and oxygen atoms in total. The summed E-state index contributed by atoms with van der Waals surface area (Å²) in [6.45, 7) is 3.12. The molecule has 0 aliphatic carbocycles. The van der Waals surface area contributed by atoms with E-state index in [2.05, 4.69) is 10.6 Å². The van der Waals surface area contributed by atoms with Gasteiger partial charge in [0.2, 0.25) is 0 Å². The normalized spacial score (nSPS) is 17.6. The molecule has 0 spiro atoms. The summed E-state index contributed by atoms with van der Waals surface area (Å²) in [7, 11) is 3.19. The summed E-state index contributed by atoms with van der Waals surface area (Å²) in [6.07, 6.45) is -0.135. The van der Waals surface area contributed by atoms with E-state index in [0.29, 0.717) is 43.2 Å². The van der Waals surface area contributed by atoms with Crippen LogP contribution < -0.4 is 20.1 Å². The van der Waals surface area contributed by atoms with E-state index in [9.17, 15) is 9.59 Å². The molecule has 0 fully saturated rings. The molecule has 0 saturated carbocycles. The highest BCUT2D eigenvalue weighted by Crippen LogP contribution is 2.42. The lowest BCUT2D eigenvalue weighted by Crippen LogP contribution is -2.39. The van der Waals surface area contributed by atoms with Crippen molar-refractivity contribution >= 4 is 28.3 Å². The molecule has 2 amide bonds. The fraction of sp³-hybridized carbons (Fsp3) is 0.400. The summed E-state index contributed by atoms with van der Waals surface area (Å²) in [4.78, 5) is 27.7. The van der Waals surface area contributed by atoms with Crippen molar-refractivity contribution in [1.82, 2.24) is 10.2 Å². The van der Waals surface area contributed by atoms with Crippen LogP contribution in [0.1, 0.15) is 39.5 Å². The van der Waals surface area contributed by atoms with E-state index in [1.807, 2.05) is 18.2 Å². The largest absolute Gasteiger partial charge is 0.497 e. The minimum absolute atomic E-state index is 0.129. The first kappa shape index (κ1) is 19.4. The minimum Gasteiger partial charge on any atom is -0.497 e. The van der Waals surface area contributed by atoms with Crippen LogP contribution in [0.4, 0.5) is 9.80 Å². The number of carbonyl (C=O) groups is 2. The standard InChI is InChI=1S/C20H23N3O5S/c1-4-28-20(25)23-8-7-12-15(10-23)29-19-16(12)18(24)21-17(22-19)13-9-11(26-2)5-6-14(13)27-3/h5-6,9,17,22H,4,7-8,10H2,1-3H3,(H,21,24)/t17-/m0/s1. The van der Waals surface area contributed by atoms with E-state index in [0.717, 1.165) is 21.0 Å². The summed E-state index contributed by atoms with van der Waals surface area (Å²) in [5.74, 6) is 1.20. The van der Waals surface area contributed by atoms with E-state index < -0.39 is 6.17 Å². The summed E-state index contributed by atoms with van der Waals surface area (Å²) in [5.41, 5.74) is 2.46. The van der Waals surface area contributed by atoms with Gasteiger partial charge in [0.15, 0.2) is 0 Å². The second kappa shape index (κ2) is 7.82. The summed E-state index contributed by atoms with van der Waals surface area (Å²) < 4.78 is 15.9. The lowest BCUT2D eigenvalue weighted by atomic mass is 10.0. The van der Waals surface area contributed by atoms with Crippen molar-refractivity contribution in [3.05, 3.63) is 39.8 Å². The Balaban J connectivity index is 1.63. The van der Waals surface area contributed by atoms with Crippen LogP contribution in [0.2, 0.25) is 0 Å². The van der Waals surface area contributed by atoms with Gasteiger partial charge in [0, 0.05) is 17.0 Å². The third-order valence-corrected chi connectivity index (χ3v) is 6.26. The van der Waals surface area contributed by atoms with Crippen molar-refractivity contribution in [2.24, 2.45) is 0 Å². The summed E-state index contributed by atoms with van der Waals surface area (Å²) >= 11 is 1.51. The number of rotatable bonds is 4. The number of benzene rings is 1. The lowest BCUT2D eigenvalue weighted by Gasteiger charge is -2.29. The van der Waals surface area contributed by atoms with E-state index in [1.165, 1.54) is 11.3 Å². The maximum Gasteiger partial charge on any atom is 0.410 e. The molecule has 2 aliphatic rings. The highest BCUT2D eigenvalue weighted by molar-refractivity contribution is 7.16. The molecule has 0 bridgehead atoms. The van der Waals surface area contributed by atoms with Crippen LogP contribution in [-0.2, 0) is 17.7 Å². The number of hydrogen-bond acceptors (Lipinski definition) is 7. The Labute approximate surface area is 172 Å². The first-order valence-corrected chi connectivity index (χ1v) is 10.2. The van der Waals surface area contributed by atoms with E-state index in [1.54, 1.807) is 26.0 Å². The fourth-order valence-electron chi connectivity index (χ4n) is 3.71. The van der Waals surface area contributed by atoms with E-state index in [4.69, 9.17) is 14.2 Å². The summed E-state index contributed by atoms with van der Waals surface area (Å²) in [6, 6.07) is 5.47. The Hall–Kier alpha value is -2.94.